The van der Waals surface area contributed by atoms with Gasteiger partial charge in [0.1, 0.15) is 0 Å². The van der Waals surface area contributed by atoms with Gasteiger partial charge in [-0.15, -0.1) is 12.5 Å². The highest BCUT2D eigenvalue weighted by molar-refractivity contribution is 5.15. The zero-order valence-corrected chi connectivity index (χ0v) is 8.61. The molecule has 0 bridgehead atoms. The minimum atomic E-state index is 0.0456. The highest BCUT2D eigenvalue weighted by Crippen LogP contribution is 2.24. The van der Waals surface area contributed by atoms with E-state index in [4.69, 9.17) is 0 Å². The Bertz CT molecular complexity index is 180. The summed E-state index contributed by atoms with van der Waals surface area (Å²) in [5.74, 6) is 6.16. The molecule has 1 atom stereocenters. The highest BCUT2D eigenvalue weighted by Gasteiger charge is 2.15. The van der Waals surface area contributed by atoms with Crippen molar-refractivity contribution in [3.8, 4) is 11.8 Å². The second kappa shape index (κ2) is 5.89. The fourth-order valence-electron chi connectivity index (χ4n) is 1.24. The van der Waals surface area contributed by atoms with Crippen molar-refractivity contribution in [1.82, 2.24) is 0 Å². The molecule has 0 fully saturated rings. The SMILES string of the molecule is C=CC(C)(C#CC)CCCCC. The van der Waals surface area contributed by atoms with Crippen LogP contribution in [0.15, 0.2) is 12.7 Å². The van der Waals surface area contributed by atoms with Crippen molar-refractivity contribution < 1.29 is 0 Å². The van der Waals surface area contributed by atoms with Gasteiger partial charge >= 0.3 is 0 Å². The monoisotopic (exact) mass is 164 g/mol. The number of rotatable bonds is 5. The molecule has 0 rings (SSSR count). The summed E-state index contributed by atoms with van der Waals surface area (Å²) in [4.78, 5) is 0. The van der Waals surface area contributed by atoms with Crippen molar-refractivity contribution in [3.05, 3.63) is 12.7 Å². The average molecular weight is 164 g/mol. The summed E-state index contributed by atoms with van der Waals surface area (Å²) < 4.78 is 0. The summed E-state index contributed by atoms with van der Waals surface area (Å²) in [5.41, 5.74) is 0.0456. The predicted molar refractivity (Wildman–Crippen MR) is 55.9 cm³/mol. The van der Waals surface area contributed by atoms with Crippen LogP contribution in [-0.2, 0) is 0 Å². The maximum atomic E-state index is 3.83. The molecule has 12 heavy (non-hydrogen) atoms. The van der Waals surface area contributed by atoms with Crippen molar-refractivity contribution in [2.24, 2.45) is 5.41 Å². The van der Waals surface area contributed by atoms with Gasteiger partial charge in [-0.1, -0.05) is 38.2 Å². The maximum Gasteiger partial charge on any atom is 0.0462 e. The molecule has 0 saturated carbocycles. The maximum absolute atomic E-state index is 3.83. The molecule has 0 aliphatic carbocycles. The van der Waals surface area contributed by atoms with E-state index in [1.807, 2.05) is 13.0 Å². The van der Waals surface area contributed by atoms with Crippen LogP contribution >= 0.6 is 0 Å². The highest BCUT2D eigenvalue weighted by atomic mass is 14.2. The normalized spacial score (nSPS) is 14.2. The summed E-state index contributed by atoms with van der Waals surface area (Å²) >= 11 is 0. The third kappa shape index (κ3) is 4.23. The van der Waals surface area contributed by atoms with Gasteiger partial charge in [0.15, 0.2) is 0 Å². The summed E-state index contributed by atoms with van der Waals surface area (Å²) in [5, 5.41) is 0. The molecular formula is C12H20. The predicted octanol–water partition coefficient (Wildman–Crippen LogP) is 3.78. The molecule has 0 spiro atoms. The molecule has 0 aromatic carbocycles. The lowest BCUT2D eigenvalue weighted by molar-refractivity contribution is 0.483. The van der Waals surface area contributed by atoms with Gasteiger partial charge in [-0.3, -0.25) is 0 Å². The second-order valence-electron chi connectivity index (χ2n) is 3.45. The second-order valence-corrected chi connectivity index (χ2v) is 3.45. The zero-order chi connectivity index (χ0) is 9.45. The van der Waals surface area contributed by atoms with Crippen LogP contribution in [0.3, 0.4) is 0 Å². The van der Waals surface area contributed by atoms with Crippen molar-refractivity contribution in [2.45, 2.75) is 46.5 Å². The fraction of sp³-hybridized carbons (Fsp3) is 0.667. The quantitative estimate of drug-likeness (QED) is 0.329. The minimum absolute atomic E-state index is 0.0456. The molecule has 0 heterocycles. The van der Waals surface area contributed by atoms with Gasteiger partial charge in [-0.2, -0.15) is 0 Å². The third-order valence-corrected chi connectivity index (χ3v) is 2.16. The summed E-state index contributed by atoms with van der Waals surface area (Å²) in [6.07, 6.45) is 6.94. The first kappa shape index (κ1) is 11.3. The molecule has 0 amide bonds. The third-order valence-electron chi connectivity index (χ3n) is 2.16. The molecule has 0 aliphatic heterocycles. The van der Waals surface area contributed by atoms with Gasteiger partial charge in [0.25, 0.3) is 0 Å². The Kier molecular flexibility index (Phi) is 5.54. The van der Waals surface area contributed by atoms with Gasteiger partial charge in [-0.25, -0.2) is 0 Å². The largest absolute Gasteiger partial charge is 0.106 e. The Labute approximate surface area is 77.1 Å². The molecule has 1 unspecified atom stereocenters. The van der Waals surface area contributed by atoms with Crippen LogP contribution in [0.1, 0.15) is 46.5 Å². The van der Waals surface area contributed by atoms with Crippen LogP contribution in [-0.4, -0.2) is 0 Å². The van der Waals surface area contributed by atoms with E-state index >= 15 is 0 Å². The van der Waals surface area contributed by atoms with Crippen LogP contribution in [0.4, 0.5) is 0 Å². The number of hydrogen-bond donors (Lipinski definition) is 0. The van der Waals surface area contributed by atoms with Crippen LogP contribution in [0, 0.1) is 17.3 Å². The van der Waals surface area contributed by atoms with E-state index in [9.17, 15) is 0 Å². The van der Waals surface area contributed by atoms with E-state index in [1.54, 1.807) is 0 Å². The van der Waals surface area contributed by atoms with E-state index in [2.05, 4.69) is 32.3 Å². The Morgan fingerprint density at radius 1 is 1.42 bits per heavy atom. The first-order valence-corrected chi connectivity index (χ1v) is 4.76. The van der Waals surface area contributed by atoms with E-state index in [0.29, 0.717) is 0 Å². The van der Waals surface area contributed by atoms with Crippen molar-refractivity contribution >= 4 is 0 Å². The number of unbranched alkanes of at least 4 members (excludes halogenated alkanes) is 2. The van der Waals surface area contributed by atoms with Gasteiger partial charge in [-0.05, 0) is 20.3 Å². The van der Waals surface area contributed by atoms with Gasteiger partial charge < -0.3 is 0 Å². The number of allylic oxidation sites excluding steroid dienone is 1. The molecule has 0 radical (unpaired) electrons. The topological polar surface area (TPSA) is 0 Å². The van der Waals surface area contributed by atoms with E-state index in [-0.39, 0.29) is 5.41 Å². The van der Waals surface area contributed by atoms with Gasteiger partial charge in [0.2, 0.25) is 0 Å². The molecule has 0 N–H and O–H groups in total. The lowest BCUT2D eigenvalue weighted by atomic mass is 9.85. The summed E-state index contributed by atoms with van der Waals surface area (Å²) in [6.45, 7) is 10.1. The van der Waals surface area contributed by atoms with Gasteiger partial charge in [0, 0.05) is 5.41 Å². The Morgan fingerprint density at radius 2 is 2.08 bits per heavy atom. The lowest BCUT2D eigenvalue weighted by Gasteiger charge is -2.18. The van der Waals surface area contributed by atoms with E-state index < -0.39 is 0 Å². The zero-order valence-electron chi connectivity index (χ0n) is 8.61. The molecule has 0 nitrogen and oxygen atoms in total. The molecule has 68 valence electrons. The van der Waals surface area contributed by atoms with Crippen molar-refractivity contribution in [1.29, 1.82) is 0 Å². The molecular weight excluding hydrogens is 144 g/mol. The Hall–Kier alpha value is -0.700. The first-order valence-electron chi connectivity index (χ1n) is 4.76. The van der Waals surface area contributed by atoms with Crippen LogP contribution in [0.25, 0.3) is 0 Å². The smallest absolute Gasteiger partial charge is 0.0462 e. The van der Waals surface area contributed by atoms with Crippen LogP contribution in [0.5, 0.6) is 0 Å². The Morgan fingerprint density at radius 3 is 2.50 bits per heavy atom. The molecule has 0 heteroatoms. The minimum Gasteiger partial charge on any atom is -0.106 e. The van der Waals surface area contributed by atoms with Crippen molar-refractivity contribution in [2.75, 3.05) is 0 Å². The Balaban J connectivity index is 3.94. The molecule has 0 aromatic rings. The van der Waals surface area contributed by atoms with Crippen LogP contribution in [0.2, 0.25) is 0 Å². The van der Waals surface area contributed by atoms with E-state index in [1.165, 1.54) is 19.3 Å². The molecule has 0 saturated heterocycles. The number of hydrogen-bond acceptors (Lipinski definition) is 0. The molecule has 0 aromatic heterocycles. The summed E-state index contributed by atoms with van der Waals surface area (Å²) in [7, 11) is 0. The van der Waals surface area contributed by atoms with Crippen molar-refractivity contribution in [3.63, 3.8) is 0 Å². The average Bonchev–Trinajstić information content (AvgIpc) is 2.06. The first-order chi connectivity index (χ1) is 5.68. The van der Waals surface area contributed by atoms with Crippen LogP contribution < -0.4 is 0 Å². The van der Waals surface area contributed by atoms with E-state index in [0.717, 1.165) is 6.42 Å². The standard InChI is InChI=1S/C12H20/c1-5-8-9-11-12(4,7-3)10-6-2/h7H,3,5,8-9,11H2,1-2,4H3. The van der Waals surface area contributed by atoms with Gasteiger partial charge in [0.05, 0.1) is 0 Å². The molecule has 0 aliphatic rings. The fourth-order valence-corrected chi connectivity index (χ4v) is 1.24. The lowest BCUT2D eigenvalue weighted by Crippen LogP contribution is -2.09. The summed E-state index contributed by atoms with van der Waals surface area (Å²) in [6, 6.07) is 0.